The molecule has 0 bridgehead atoms. The first-order valence-electron chi connectivity index (χ1n) is 8.29. The van der Waals surface area contributed by atoms with Gasteiger partial charge in [0, 0.05) is 0 Å². The normalized spacial score (nSPS) is 22.5. The van der Waals surface area contributed by atoms with Gasteiger partial charge in [-0.25, -0.2) is 4.99 Å². The minimum atomic E-state index is -0.255. The van der Waals surface area contributed by atoms with E-state index in [4.69, 9.17) is 4.74 Å². The Kier molecular flexibility index (Phi) is 5.42. The Morgan fingerprint density at radius 2 is 2.15 bits per heavy atom. The fourth-order valence-electron chi connectivity index (χ4n) is 2.61. The molecular formula is C20H20N2O3S. The number of aliphatic imine (C=N–C) groups is 1. The number of nitrogens with one attached hydrogen (secondary N) is 1. The lowest BCUT2D eigenvalue weighted by atomic mass is 9.96. The van der Waals surface area contributed by atoms with Crippen molar-refractivity contribution < 1.29 is 14.3 Å². The lowest BCUT2D eigenvalue weighted by molar-refractivity contribution is -0.143. The second-order valence-electron chi connectivity index (χ2n) is 6.18. The van der Waals surface area contributed by atoms with E-state index in [0.717, 1.165) is 16.8 Å². The number of esters is 1. The van der Waals surface area contributed by atoms with Gasteiger partial charge >= 0.3 is 5.97 Å². The van der Waals surface area contributed by atoms with Gasteiger partial charge in [-0.1, -0.05) is 24.3 Å². The number of carbonyl (C=O) groups excluding carboxylic acids is 2. The molecule has 2 aliphatic rings. The number of thioether (sulfide) groups is 1. The van der Waals surface area contributed by atoms with Gasteiger partial charge in [0.15, 0.2) is 5.17 Å². The van der Waals surface area contributed by atoms with Gasteiger partial charge in [0.1, 0.15) is 0 Å². The lowest BCUT2D eigenvalue weighted by Gasteiger charge is -2.12. The smallest absolute Gasteiger partial charge is 0.312 e. The van der Waals surface area contributed by atoms with Crippen LogP contribution in [-0.2, 0) is 14.3 Å². The molecule has 0 aromatic heterocycles. The van der Waals surface area contributed by atoms with Crippen molar-refractivity contribution in [2.75, 3.05) is 7.11 Å². The van der Waals surface area contributed by atoms with Crippen LogP contribution < -0.4 is 5.32 Å². The quantitative estimate of drug-likeness (QED) is 0.652. The minimum Gasteiger partial charge on any atom is -0.469 e. The van der Waals surface area contributed by atoms with Gasteiger partial charge in [-0.2, -0.15) is 0 Å². The summed E-state index contributed by atoms with van der Waals surface area (Å²) in [5.74, 6) is -0.670. The van der Waals surface area contributed by atoms with E-state index in [9.17, 15) is 9.59 Å². The molecule has 134 valence electrons. The summed E-state index contributed by atoms with van der Waals surface area (Å²) in [5.41, 5.74) is 4.08. The standard InChI is InChI=1S/C20H20N2O3S/c1-12-4-9-16(10-13(12)2)21-20-22-18(23)17(26-20)11-14-5-7-15(8-6-14)19(24)25-3/h4-7,9-11,15H,8H2,1-3H3,(H,21,22,23)/b17-11-/t15-/m0/s1. The van der Waals surface area contributed by atoms with Crippen LogP contribution in [-0.4, -0.2) is 24.2 Å². The van der Waals surface area contributed by atoms with Crippen LogP contribution in [0.4, 0.5) is 5.69 Å². The predicted molar refractivity (Wildman–Crippen MR) is 104 cm³/mol. The summed E-state index contributed by atoms with van der Waals surface area (Å²) in [5, 5.41) is 3.36. The monoisotopic (exact) mass is 368 g/mol. The van der Waals surface area contributed by atoms with E-state index >= 15 is 0 Å². The summed E-state index contributed by atoms with van der Waals surface area (Å²) in [7, 11) is 1.38. The third kappa shape index (κ3) is 4.14. The van der Waals surface area contributed by atoms with Crippen molar-refractivity contribution in [1.29, 1.82) is 0 Å². The van der Waals surface area contributed by atoms with Crippen molar-refractivity contribution in [3.8, 4) is 0 Å². The molecule has 1 N–H and O–H groups in total. The van der Waals surface area contributed by atoms with Crippen molar-refractivity contribution >= 4 is 34.5 Å². The molecule has 1 atom stereocenters. The molecule has 1 amide bonds. The average Bonchev–Trinajstić information content (AvgIpc) is 2.97. The van der Waals surface area contributed by atoms with Crippen LogP contribution in [0.1, 0.15) is 17.5 Å². The van der Waals surface area contributed by atoms with Crippen molar-refractivity contribution in [2.45, 2.75) is 20.3 Å². The van der Waals surface area contributed by atoms with Gasteiger partial charge in [-0.15, -0.1) is 0 Å². The SMILES string of the molecule is COC(=O)[C@H]1C=CC(/C=C2\SC(=Nc3ccc(C)c(C)c3)NC2=O)=CC1. The fourth-order valence-corrected chi connectivity index (χ4v) is 3.46. The largest absolute Gasteiger partial charge is 0.469 e. The molecule has 26 heavy (non-hydrogen) atoms. The molecule has 1 aliphatic heterocycles. The Morgan fingerprint density at radius 3 is 2.81 bits per heavy atom. The van der Waals surface area contributed by atoms with E-state index < -0.39 is 0 Å². The van der Waals surface area contributed by atoms with Crippen LogP contribution in [0.3, 0.4) is 0 Å². The van der Waals surface area contributed by atoms with Crippen molar-refractivity contribution in [3.05, 3.63) is 64.1 Å². The molecule has 1 heterocycles. The van der Waals surface area contributed by atoms with Crippen molar-refractivity contribution in [3.63, 3.8) is 0 Å². The third-order valence-electron chi connectivity index (χ3n) is 4.30. The zero-order valence-electron chi connectivity index (χ0n) is 14.9. The molecule has 1 fully saturated rings. The predicted octanol–water partition coefficient (Wildman–Crippen LogP) is 3.71. The maximum atomic E-state index is 12.2. The number of amidine groups is 1. The summed E-state index contributed by atoms with van der Waals surface area (Å²) in [6, 6.07) is 5.95. The Balaban J connectivity index is 1.72. The number of hydrogen-bond donors (Lipinski definition) is 1. The number of allylic oxidation sites excluding steroid dienone is 4. The van der Waals surface area contributed by atoms with Gasteiger partial charge in [0.25, 0.3) is 5.91 Å². The maximum Gasteiger partial charge on any atom is 0.312 e. The first-order chi connectivity index (χ1) is 12.5. The van der Waals surface area contributed by atoms with Crippen LogP contribution in [0.2, 0.25) is 0 Å². The lowest BCUT2D eigenvalue weighted by Crippen LogP contribution is -2.19. The highest BCUT2D eigenvalue weighted by molar-refractivity contribution is 8.18. The number of methoxy groups -OCH3 is 1. The molecular weight excluding hydrogens is 348 g/mol. The molecule has 0 radical (unpaired) electrons. The highest BCUT2D eigenvalue weighted by Crippen LogP contribution is 2.29. The molecule has 6 heteroatoms. The summed E-state index contributed by atoms with van der Waals surface area (Å²) >= 11 is 1.31. The first-order valence-corrected chi connectivity index (χ1v) is 9.11. The number of carbonyl (C=O) groups is 2. The molecule has 0 spiro atoms. The van der Waals surface area contributed by atoms with Crippen LogP contribution in [0, 0.1) is 19.8 Å². The zero-order chi connectivity index (χ0) is 18.7. The van der Waals surface area contributed by atoms with Gasteiger partial charge in [-0.3, -0.25) is 9.59 Å². The summed E-state index contributed by atoms with van der Waals surface area (Å²) in [6.45, 7) is 4.09. The Bertz CT molecular complexity index is 881. The highest BCUT2D eigenvalue weighted by Gasteiger charge is 2.24. The molecule has 1 saturated heterocycles. The number of benzene rings is 1. The second kappa shape index (κ2) is 7.74. The van der Waals surface area contributed by atoms with Crippen LogP contribution >= 0.6 is 11.8 Å². The van der Waals surface area contributed by atoms with E-state index in [-0.39, 0.29) is 17.8 Å². The third-order valence-corrected chi connectivity index (χ3v) is 5.21. The Labute approximate surface area is 156 Å². The number of hydrogen-bond acceptors (Lipinski definition) is 5. The number of aryl methyl sites for hydroxylation is 2. The van der Waals surface area contributed by atoms with Gasteiger partial charge < -0.3 is 10.1 Å². The summed E-state index contributed by atoms with van der Waals surface area (Å²) in [6.07, 6.45) is 7.95. The van der Waals surface area contributed by atoms with Crippen LogP contribution in [0.15, 0.2) is 58.0 Å². The molecule has 3 rings (SSSR count). The molecule has 1 aliphatic carbocycles. The van der Waals surface area contributed by atoms with Gasteiger partial charge in [0.05, 0.1) is 23.6 Å². The fraction of sp³-hybridized carbons (Fsp3) is 0.250. The Hall–Kier alpha value is -2.60. The van der Waals surface area contributed by atoms with E-state index in [1.54, 1.807) is 6.08 Å². The molecule has 0 saturated carbocycles. The molecule has 5 nitrogen and oxygen atoms in total. The first kappa shape index (κ1) is 18.2. The summed E-state index contributed by atoms with van der Waals surface area (Å²) in [4.78, 5) is 28.8. The number of ether oxygens (including phenoxy) is 1. The topological polar surface area (TPSA) is 67.8 Å². The number of rotatable bonds is 3. The van der Waals surface area contributed by atoms with Crippen molar-refractivity contribution in [1.82, 2.24) is 5.32 Å². The van der Waals surface area contributed by atoms with E-state index in [1.165, 1.54) is 24.4 Å². The van der Waals surface area contributed by atoms with E-state index in [2.05, 4.69) is 17.2 Å². The van der Waals surface area contributed by atoms with Gasteiger partial charge in [-0.05, 0) is 66.9 Å². The molecule has 1 aromatic rings. The van der Waals surface area contributed by atoms with Gasteiger partial charge in [0.2, 0.25) is 0 Å². The molecule has 0 unspecified atom stereocenters. The second-order valence-corrected chi connectivity index (χ2v) is 7.21. The number of amides is 1. The van der Waals surface area contributed by atoms with Crippen LogP contribution in [0.25, 0.3) is 0 Å². The van der Waals surface area contributed by atoms with Crippen molar-refractivity contribution in [2.24, 2.45) is 10.9 Å². The van der Waals surface area contributed by atoms with E-state index in [0.29, 0.717) is 16.5 Å². The maximum absolute atomic E-state index is 12.2. The number of nitrogens with zero attached hydrogens (tertiary/aromatic N) is 1. The zero-order valence-corrected chi connectivity index (χ0v) is 15.7. The summed E-state index contributed by atoms with van der Waals surface area (Å²) < 4.78 is 4.74. The average molecular weight is 368 g/mol. The highest BCUT2D eigenvalue weighted by atomic mass is 32.2. The van der Waals surface area contributed by atoms with Crippen LogP contribution in [0.5, 0.6) is 0 Å². The van der Waals surface area contributed by atoms with E-state index in [1.807, 2.05) is 43.4 Å². The molecule has 1 aromatic carbocycles. The minimum absolute atomic E-state index is 0.165. The Morgan fingerprint density at radius 1 is 1.35 bits per heavy atom.